The second kappa shape index (κ2) is 11.7. The molecule has 5 nitrogen and oxygen atoms in total. The third-order valence-corrected chi connectivity index (χ3v) is 3.15. The average Bonchev–Trinajstić information content (AvgIpc) is 2.54. The number of hydrogen-bond donors (Lipinski definition) is 2. The fourth-order valence-electron chi connectivity index (χ4n) is 1.98. The van der Waals surface area contributed by atoms with Gasteiger partial charge in [-0.05, 0) is 30.7 Å². The first-order valence-electron chi connectivity index (χ1n) is 7.38. The zero-order valence-corrected chi connectivity index (χ0v) is 15.1. The van der Waals surface area contributed by atoms with Gasteiger partial charge in [-0.3, -0.25) is 9.78 Å². The van der Waals surface area contributed by atoms with Crippen LogP contribution < -0.4 is 15.8 Å². The standard InChI is InChI=1S/C17H21N3O2.2ClH/c1-2-6-16(18)17(21)20-13-8-5-9-15(11-13)22-12-14-7-3-4-10-19-14;;/h3-5,7-11,16H,2,6,12,18H2,1H3,(H,20,21);2*1H. The molecule has 1 heterocycles. The second-order valence-electron chi connectivity index (χ2n) is 5.02. The maximum Gasteiger partial charge on any atom is 0.241 e. The Morgan fingerprint density at radius 1 is 1.25 bits per heavy atom. The van der Waals surface area contributed by atoms with Crippen LogP contribution in [0.5, 0.6) is 5.75 Å². The Bertz CT molecular complexity index is 612. The van der Waals surface area contributed by atoms with E-state index >= 15 is 0 Å². The van der Waals surface area contributed by atoms with Gasteiger partial charge in [-0.1, -0.05) is 25.5 Å². The summed E-state index contributed by atoms with van der Waals surface area (Å²) < 4.78 is 5.68. The maximum absolute atomic E-state index is 11.9. The highest BCUT2D eigenvalue weighted by molar-refractivity contribution is 5.94. The van der Waals surface area contributed by atoms with E-state index in [1.54, 1.807) is 12.3 Å². The summed E-state index contributed by atoms with van der Waals surface area (Å²) in [6.07, 6.45) is 3.27. The number of nitrogens with zero attached hydrogens (tertiary/aromatic N) is 1. The Kier molecular flexibility index (Phi) is 10.8. The quantitative estimate of drug-likeness (QED) is 0.779. The largest absolute Gasteiger partial charge is 0.487 e. The van der Waals surface area contributed by atoms with Crippen LogP contribution >= 0.6 is 24.8 Å². The normalized spacial score (nSPS) is 10.8. The predicted molar refractivity (Wildman–Crippen MR) is 101 cm³/mol. The summed E-state index contributed by atoms with van der Waals surface area (Å²) in [5, 5.41) is 2.81. The molecular formula is C17H23Cl2N3O2. The van der Waals surface area contributed by atoms with Crippen molar-refractivity contribution in [2.45, 2.75) is 32.4 Å². The number of hydrogen-bond acceptors (Lipinski definition) is 4. The third kappa shape index (κ3) is 7.17. The fraction of sp³-hybridized carbons (Fsp3) is 0.294. The van der Waals surface area contributed by atoms with Gasteiger partial charge in [0.25, 0.3) is 0 Å². The van der Waals surface area contributed by atoms with Crippen LogP contribution in [0.1, 0.15) is 25.5 Å². The molecule has 0 aliphatic rings. The second-order valence-corrected chi connectivity index (χ2v) is 5.02. The van der Waals surface area contributed by atoms with E-state index in [9.17, 15) is 4.79 Å². The lowest BCUT2D eigenvalue weighted by atomic mass is 10.1. The minimum atomic E-state index is -0.483. The number of amides is 1. The Morgan fingerprint density at radius 3 is 2.71 bits per heavy atom. The molecule has 0 saturated carbocycles. The molecule has 7 heteroatoms. The highest BCUT2D eigenvalue weighted by Crippen LogP contribution is 2.18. The Balaban J connectivity index is 0.00000264. The van der Waals surface area contributed by atoms with Crippen molar-refractivity contribution in [3.63, 3.8) is 0 Å². The minimum Gasteiger partial charge on any atom is -0.487 e. The molecule has 132 valence electrons. The summed E-state index contributed by atoms with van der Waals surface area (Å²) in [5.41, 5.74) is 7.32. The number of rotatable bonds is 7. The zero-order valence-electron chi connectivity index (χ0n) is 13.5. The molecule has 1 unspecified atom stereocenters. The summed E-state index contributed by atoms with van der Waals surface area (Å²) in [7, 11) is 0. The van der Waals surface area contributed by atoms with Gasteiger partial charge in [-0.25, -0.2) is 0 Å². The van der Waals surface area contributed by atoms with Gasteiger partial charge in [-0.2, -0.15) is 0 Å². The average molecular weight is 372 g/mol. The molecule has 2 aromatic rings. The molecule has 1 aromatic heterocycles. The smallest absolute Gasteiger partial charge is 0.241 e. The van der Waals surface area contributed by atoms with Crippen LogP contribution in [0.2, 0.25) is 0 Å². The van der Waals surface area contributed by atoms with Gasteiger partial charge >= 0.3 is 0 Å². The fourth-order valence-corrected chi connectivity index (χ4v) is 1.98. The van der Waals surface area contributed by atoms with Gasteiger partial charge in [0.15, 0.2) is 0 Å². The number of benzene rings is 1. The van der Waals surface area contributed by atoms with Crippen LogP contribution in [0.4, 0.5) is 5.69 Å². The molecule has 0 fully saturated rings. The number of nitrogens with two attached hydrogens (primary N) is 1. The molecule has 1 amide bonds. The van der Waals surface area contributed by atoms with Crippen LogP contribution in [0.25, 0.3) is 0 Å². The highest BCUT2D eigenvalue weighted by atomic mass is 35.5. The van der Waals surface area contributed by atoms with Crippen molar-refractivity contribution >= 4 is 36.4 Å². The molecule has 0 aliphatic carbocycles. The van der Waals surface area contributed by atoms with Crippen molar-refractivity contribution in [1.82, 2.24) is 4.98 Å². The number of pyridine rings is 1. The SMILES string of the molecule is CCCC(N)C(=O)Nc1cccc(OCc2ccccn2)c1.Cl.Cl. The Morgan fingerprint density at radius 2 is 2.04 bits per heavy atom. The number of anilines is 1. The summed E-state index contributed by atoms with van der Waals surface area (Å²) in [6, 6.07) is 12.4. The Labute approximate surface area is 154 Å². The van der Waals surface area contributed by atoms with Crippen LogP contribution in [0, 0.1) is 0 Å². The zero-order chi connectivity index (χ0) is 15.8. The molecule has 3 N–H and O–H groups in total. The monoisotopic (exact) mass is 371 g/mol. The van der Waals surface area contributed by atoms with Crippen LogP contribution in [-0.4, -0.2) is 16.9 Å². The van der Waals surface area contributed by atoms with Crippen molar-refractivity contribution in [1.29, 1.82) is 0 Å². The summed E-state index contributed by atoms with van der Waals surface area (Å²) in [4.78, 5) is 16.1. The maximum atomic E-state index is 11.9. The summed E-state index contributed by atoms with van der Waals surface area (Å²) in [5.74, 6) is 0.497. The molecule has 24 heavy (non-hydrogen) atoms. The van der Waals surface area contributed by atoms with Gasteiger partial charge in [0, 0.05) is 18.0 Å². The molecule has 0 aliphatic heterocycles. The first kappa shape index (κ1) is 22.2. The molecular weight excluding hydrogens is 349 g/mol. The van der Waals surface area contributed by atoms with E-state index in [4.69, 9.17) is 10.5 Å². The van der Waals surface area contributed by atoms with E-state index < -0.39 is 6.04 Å². The minimum absolute atomic E-state index is 0. The van der Waals surface area contributed by atoms with Gasteiger partial charge in [0.1, 0.15) is 12.4 Å². The van der Waals surface area contributed by atoms with E-state index in [0.29, 0.717) is 24.5 Å². The molecule has 0 saturated heterocycles. The van der Waals surface area contributed by atoms with Crippen molar-refractivity contribution in [2.24, 2.45) is 5.73 Å². The van der Waals surface area contributed by atoms with Crippen LogP contribution in [0.3, 0.4) is 0 Å². The van der Waals surface area contributed by atoms with Crippen molar-refractivity contribution in [3.8, 4) is 5.75 Å². The number of carbonyl (C=O) groups is 1. The van der Waals surface area contributed by atoms with E-state index in [-0.39, 0.29) is 30.7 Å². The Hall–Kier alpha value is -1.82. The van der Waals surface area contributed by atoms with Crippen molar-refractivity contribution in [3.05, 3.63) is 54.4 Å². The summed E-state index contributed by atoms with van der Waals surface area (Å²) in [6.45, 7) is 2.38. The number of halogens is 2. The van der Waals surface area contributed by atoms with Gasteiger partial charge < -0.3 is 15.8 Å². The van der Waals surface area contributed by atoms with E-state index in [1.165, 1.54) is 0 Å². The van der Waals surface area contributed by atoms with Crippen molar-refractivity contribution in [2.75, 3.05) is 5.32 Å². The van der Waals surface area contributed by atoms with E-state index in [0.717, 1.165) is 12.1 Å². The van der Waals surface area contributed by atoms with Gasteiger partial charge in [-0.15, -0.1) is 24.8 Å². The molecule has 2 rings (SSSR count). The predicted octanol–water partition coefficient (Wildman–Crippen LogP) is 3.57. The lowest BCUT2D eigenvalue weighted by Crippen LogP contribution is -2.35. The molecule has 0 spiro atoms. The topological polar surface area (TPSA) is 77.2 Å². The summed E-state index contributed by atoms with van der Waals surface area (Å²) >= 11 is 0. The number of carbonyl (C=O) groups excluding carboxylic acids is 1. The lowest BCUT2D eigenvalue weighted by Gasteiger charge is -2.12. The molecule has 0 radical (unpaired) electrons. The van der Waals surface area contributed by atoms with Gasteiger partial charge in [0.2, 0.25) is 5.91 Å². The first-order valence-corrected chi connectivity index (χ1v) is 7.38. The van der Waals surface area contributed by atoms with E-state index in [2.05, 4.69) is 10.3 Å². The third-order valence-electron chi connectivity index (χ3n) is 3.15. The van der Waals surface area contributed by atoms with Crippen molar-refractivity contribution < 1.29 is 9.53 Å². The van der Waals surface area contributed by atoms with Crippen LogP contribution in [0.15, 0.2) is 48.7 Å². The highest BCUT2D eigenvalue weighted by Gasteiger charge is 2.12. The molecule has 0 bridgehead atoms. The number of aromatic nitrogens is 1. The number of nitrogens with one attached hydrogen (secondary N) is 1. The number of ether oxygens (including phenoxy) is 1. The first-order chi connectivity index (χ1) is 10.7. The van der Waals surface area contributed by atoms with Gasteiger partial charge in [0.05, 0.1) is 11.7 Å². The van der Waals surface area contributed by atoms with Crippen LogP contribution in [-0.2, 0) is 11.4 Å². The van der Waals surface area contributed by atoms with E-state index in [1.807, 2.05) is 43.3 Å². The lowest BCUT2D eigenvalue weighted by molar-refractivity contribution is -0.117. The molecule has 1 atom stereocenters. The molecule has 1 aromatic carbocycles.